The highest BCUT2D eigenvalue weighted by Gasteiger charge is 2.30. The number of primary amides is 1. The number of nitrogens with two attached hydrogens (primary N) is 2. The van der Waals surface area contributed by atoms with E-state index >= 15 is 0 Å². The average Bonchev–Trinajstić information content (AvgIpc) is 2.53. The number of urea groups is 1. The van der Waals surface area contributed by atoms with Crippen LogP contribution < -0.4 is 16.4 Å². The SMILES string of the molecule is NCCc1ccc2c(c1)CC(=O)N2C(N)=O. The number of carbonyl (C=O) groups excluding carboxylic acids is 2. The Morgan fingerprint density at radius 3 is 2.81 bits per heavy atom. The van der Waals surface area contributed by atoms with Gasteiger partial charge in [-0.3, -0.25) is 4.79 Å². The van der Waals surface area contributed by atoms with Crippen molar-refractivity contribution in [2.24, 2.45) is 11.5 Å². The first kappa shape index (κ1) is 10.6. The first-order valence-corrected chi connectivity index (χ1v) is 5.07. The van der Waals surface area contributed by atoms with E-state index < -0.39 is 6.03 Å². The number of benzene rings is 1. The summed E-state index contributed by atoms with van der Waals surface area (Å²) in [6.07, 6.45) is 0.995. The lowest BCUT2D eigenvalue weighted by atomic mass is 10.1. The van der Waals surface area contributed by atoms with E-state index in [0.717, 1.165) is 22.4 Å². The van der Waals surface area contributed by atoms with Gasteiger partial charge in [-0.2, -0.15) is 0 Å². The first-order valence-electron chi connectivity index (χ1n) is 5.07. The third kappa shape index (κ3) is 1.65. The predicted molar refractivity (Wildman–Crippen MR) is 60.0 cm³/mol. The highest BCUT2D eigenvalue weighted by Crippen LogP contribution is 2.29. The van der Waals surface area contributed by atoms with Crippen molar-refractivity contribution in [2.45, 2.75) is 12.8 Å². The van der Waals surface area contributed by atoms with E-state index in [1.54, 1.807) is 6.07 Å². The van der Waals surface area contributed by atoms with E-state index in [2.05, 4.69) is 0 Å². The van der Waals surface area contributed by atoms with Crippen LogP contribution in [0.4, 0.5) is 10.5 Å². The Morgan fingerprint density at radius 1 is 1.44 bits per heavy atom. The van der Waals surface area contributed by atoms with Gasteiger partial charge in [0.05, 0.1) is 12.1 Å². The van der Waals surface area contributed by atoms with Crippen molar-refractivity contribution in [1.29, 1.82) is 0 Å². The molecule has 0 unspecified atom stereocenters. The van der Waals surface area contributed by atoms with Crippen molar-refractivity contribution in [1.82, 2.24) is 0 Å². The lowest BCUT2D eigenvalue weighted by Crippen LogP contribution is -2.38. The van der Waals surface area contributed by atoms with E-state index in [0.29, 0.717) is 12.2 Å². The number of carbonyl (C=O) groups is 2. The molecule has 0 fully saturated rings. The van der Waals surface area contributed by atoms with Crippen LogP contribution in [0.1, 0.15) is 11.1 Å². The van der Waals surface area contributed by atoms with Crippen molar-refractivity contribution in [3.05, 3.63) is 29.3 Å². The molecule has 0 aromatic heterocycles. The molecule has 84 valence electrons. The Hall–Kier alpha value is -1.88. The molecule has 1 aromatic carbocycles. The molecule has 0 saturated heterocycles. The smallest absolute Gasteiger partial charge is 0.326 e. The topological polar surface area (TPSA) is 89.4 Å². The van der Waals surface area contributed by atoms with E-state index in [1.807, 2.05) is 12.1 Å². The molecule has 16 heavy (non-hydrogen) atoms. The fourth-order valence-electron chi connectivity index (χ4n) is 1.94. The fraction of sp³-hybridized carbons (Fsp3) is 0.273. The van der Waals surface area contributed by atoms with Crippen LogP contribution >= 0.6 is 0 Å². The summed E-state index contributed by atoms with van der Waals surface area (Å²) in [7, 11) is 0. The van der Waals surface area contributed by atoms with Gasteiger partial charge in [0.1, 0.15) is 0 Å². The standard InChI is InChI=1S/C11H13N3O2/c12-4-3-7-1-2-9-8(5-7)6-10(15)14(9)11(13)16/h1-2,5H,3-4,6,12H2,(H2,13,16). The zero-order valence-corrected chi connectivity index (χ0v) is 8.77. The van der Waals surface area contributed by atoms with Crippen molar-refractivity contribution in [3.8, 4) is 0 Å². The molecule has 0 aliphatic carbocycles. The third-order valence-electron chi connectivity index (χ3n) is 2.63. The molecule has 0 saturated carbocycles. The van der Waals surface area contributed by atoms with Crippen molar-refractivity contribution >= 4 is 17.6 Å². The largest absolute Gasteiger partial charge is 0.351 e. The summed E-state index contributed by atoms with van der Waals surface area (Å²) in [5.74, 6) is -0.271. The lowest BCUT2D eigenvalue weighted by Gasteiger charge is -2.12. The summed E-state index contributed by atoms with van der Waals surface area (Å²) in [4.78, 5) is 23.7. The molecule has 1 aliphatic heterocycles. The number of rotatable bonds is 2. The first-order chi connectivity index (χ1) is 7.63. The minimum atomic E-state index is -0.727. The minimum Gasteiger partial charge on any atom is -0.351 e. The fourth-order valence-corrected chi connectivity index (χ4v) is 1.94. The highest BCUT2D eigenvalue weighted by molar-refractivity contribution is 6.18. The van der Waals surface area contributed by atoms with Gasteiger partial charge in [-0.05, 0) is 30.2 Å². The quantitative estimate of drug-likeness (QED) is 0.742. The Labute approximate surface area is 93.0 Å². The summed E-state index contributed by atoms with van der Waals surface area (Å²) in [5, 5.41) is 0. The molecule has 0 radical (unpaired) electrons. The van der Waals surface area contributed by atoms with Crippen LogP contribution in [0.3, 0.4) is 0 Å². The molecular formula is C11H13N3O2. The second kappa shape index (κ2) is 3.94. The number of nitrogens with zero attached hydrogens (tertiary/aromatic N) is 1. The van der Waals surface area contributed by atoms with Gasteiger partial charge in [0.25, 0.3) is 0 Å². The molecule has 1 heterocycles. The zero-order valence-electron chi connectivity index (χ0n) is 8.77. The van der Waals surface area contributed by atoms with Crippen molar-refractivity contribution < 1.29 is 9.59 Å². The predicted octanol–water partition coefficient (Wildman–Crippen LogP) is 0.156. The molecule has 1 aromatic rings. The number of imide groups is 1. The van der Waals surface area contributed by atoms with Gasteiger partial charge in [0, 0.05) is 0 Å². The molecule has 5 heteroatoms. The Kier molecular flexibility index (Phi) is 2.62. The molecule has 3 amide bonds. The van der Waals surface area contributed by atoms with Gasteiger partial charge in [0.2, 0.25) is 5.91 Å². The van der Waals surface area contributed by atoms with E-state index in [-0.39, 0.29) is 12.3 Å². The van der Waals surface area contributed by atoms with Crippen LogP contribution in [0.25, 0.3) is 0 Å². The maximum atomic E-state index is 11.5. The van der Waals surface area contributed by atoms with E-state index in [9.17, 15) is 9.59 Å². The van der Waals surface area contributed by atoms with Gasteiger partial charge >= 0.3 is 6.03 Å². The molecule has 2 rings (SSSR count). The normalized spacial score (nSPS) is 14.1. The number of anilines is 1. The van der Waals surface area contributed by atoms with Crippen LogP contribution in [0, 0.1) is 0 Å². The van der Waals surface area contributed by atoms with Gasteiger partial charge in [-0.15, -0.1) is 0 Å². The number of amides is 3. The summed E-state index contributed by atoms with van der Waals surface area (Å²) < 4.78 is 0. The van der Waals surface area contributed by atoms with Crippen LogP contribution in [0.5, 0.6) is 0 Å². The zero-order chi connectivity index (χ0) is 11.7. The molecule has 1 aliphatic rings. The highest BCUT2D eigenvalue weighted by atomic mass is 16.2. The van der Waals surface area contributed by atoms with Gasteiger partial charge < -0.3 is 11.5 Å². The van der Waals surface area contributed by atoms with Gasteiger partial charge in [-0.25, -0.2) is 9.69 Å². The van der Waals surface area contributed by atoms with Gasteiger partial charge in [-0.1, -0.05) is 12.1 Å². The number of hydrogen-bond acceptors (Lipinski definition) is 3. The monoisotopic (exact) mass is 219 g/mol. The summed E-state index contributed by atoms with van der Waals surface area (Å²) in [5.41, 5.74) is 13.1. The Balaban J connectivity index is 2.38. The molecular weight excluding hydrogens is 206 g/mol. The van der Waals surface area contributed by atoms with Crippen LogP contribution in [0.15, 0.2) is 18.2 Å². The summed E-state index contributed by atoms with van der Waals surface area (Å²) >= 11 is 0. The summed E-state index contributed by atoms with van der Waals surface area (Å²) in [6, 6.07) is 4.79. The molecule has 5 nitrogen and oxygen atoms in total. The van der Waals surface area contributed by atoms with Gasteiger partial charge in [0.15, 0.2) is 0 Å². The maximum absolute atomic E-state index is 11.5. The van der Waals surface area contributed by atoms with E-state index in [4.69, 9.17) is 11.5 Å². The van der Waals surface area contributed by atoms with E-state index in [1.165, 1.54) is 0 Å². The second-order valence-corrected chi connectivity index (χ2v) is 3.75. The Morgan fingerprint density at radius 2 is 2.19 bits per heavy atom. The lowest BCUT2D eigenvalue weighted by molar-refractivity contribution is -0.116. The minimum absolute atomic E-state index is 0.233. The summed E-state index contributed by atoms with van der Waals surface area (Å²) in [6.45, 7) is 0.562. The van der Waals surface area contributed by atoms with Crippen LogP contribution in [-0.2, 0) is 17.6 Å². The molecule has 0 spiro atoms. The van der Waals surface area contributed by atoms with Crippen LogP contribution in [0.2, 0.25) is 0 Å². The Bertz CT molecular complexity index is 457. The average molecular weight is 219 g/mol. The van der Waals surface area contributed by atoms with Crippen LogP contribution in [-0.4, -0.2) is 18.5 Å². The second-order valence-electron chi connectivity index (χ2n) is 3.75. The van der Waals surface area contributed by atoms with Crippen molar-refractivity contribution in [2.75, 3.05) is 11.4 Å². The molecule has 4 N–H and O–H groups in total. The molecule has 0 bridgehead atoms. The maximum Gasteiger partial charge on any atom is 0.326 e. The third-order valence-corrected chi connectivity index (χ3v) is 2.63. The number of hydrogen-bond donors (Lipinski definition) is 2. The number of fused-ring (bicyclic) bond motifs is 1. The molecule has 0 atom stereocenters. The van der Waals surface area contributed by atoms with Crippen molar-refractivity contribution in [3.63, 3.8) is 0 Å².